The van der Waals surface area contributed by atoms with E-state index in [-0.39, 0.29) is 66.6 Å². The van der Waals surface area contributed by atoms with Crippen molar-refractivity contribution in [2.45, 2.75) is 44.8 Å². The zero-order valence-electron chi connectivity index (χ0n) is 21.1. The predicted octanol–water partition coefficient (Wildman–Crippen LogP) is 1.16. The number of aliphatic hydroxyl groups excluding tert-OH is 1. The van der Waals surface area contributed by atoms with Crippen molar-refractivity contribution in [3.8, 4) is 11.5 Å². The van der Waals surface area contributed by atoms with Crippen LogP contribution in [0, 0.1) is 0 Å². The summed E-state index contributed by atoms with van der Waals surface area (Å²) in [6.45, 7) is 4.41. The van der Waals surface area contributed by atoms with E-state index in [1.807, 2.05) is 38.1 Å². The number of hydrogen-bond donors (Lipinski definition) is 7. The molecule has 8 N–H and O–H groups in total. The molecule has 2 aromatic carbocycles. The molecule has 1 atom stereocenters. The zero-order valence-corrected chi connectivity index (χ0v) is 21.1. The standard InChI is InChI=1S/C26H35N5O6/c1-26(2,29-14-20(33)18-9-10-19(32)24-25(18)37-15-23(36)31-24)12-16-5-7-17(8-6-16)30-21(34)4-3-11-28-22(35)13-27/h5-10,20,29,32-33H,3-4,11-15,27H2,1-2H3,(H,28,35)(H,30,34)(H,31,36). The van der Waals surface area contributed by atoms with Crippen LogP contribution >= 0.6 is 0 Å². The van der Waals surface area contributed by atoms with Crippen LogP contribution in [0.25, 0.3) is 0 Å². The lowest BCUT2D eigenvalue weighted by molar-refractivity contribution is -0.120. The Morgan fingerprint density at radius 2 is 1.89 bits per heavy atom. The monoisotopic (exact) mass is 513 g/mol. The van der Waals surface area contributed by atoms with Crippen LogP contribution in [0.15, 0.2) is 36.4 Å². The number of fused-ring (bicyclic) bond motifs is 1. The first-order valence-corrected chi connectivity index (χ1v) is 12.1. The highest BCUT2D eigenvalue weighted by atomic mass is 16.5. The molecule has 1 heterocycles. The highest BCUT2D eigenvalue weighted by Crippen LogP contribution is 2.41. The molecule has 0 bridgehead atoms. The second-order valence-electron chi connectivity index (χ2n) is 9.57. The molecule has 200 valence electrons. The van der Waals surface area contributed by atoms with Crippen LogP contribution in [-0.2, 0) is 20.8 Å². The van der Waals surface area contributed by atoms with Crippen molar-refractivity contribution in [2.75, 3.05) is 36.9 Å². The number of hydrogen-bond acceptors (Lipinski definition) is 8. The van der Waals surface area contributed by atoms with Crippen molar-refractivity contribution in [2.24, 2.45) is 5.73 Å². The van der Waals surface area contributed by atoms with Gasteiger partial charge in [-0.1, -0.05) is 12.1 Å². The first-order valence-electron chi connectivity index (χ1n) is 12.1. The number of aromatic hydroxyl groups is 1. The van der Waals surface area contributed by atoms with E-state index >= 15 is 0 Å². The van der Waals surface area contributed by atoms with Crippen LogP contribution in [0.1, 0.15) is 43.9 Å². The van der Waals surface area contributed by atoms with E-state index in [1.54, 1.807) is 6.07 Å². The average Bonchev–Trinajstić information content (AvgIpc) is 2.86. The van der Waals surface area contributed by atoms with E-state index in [1.165, 1.54) is 6.07 Å². The number of benzene rings is 2. The molecule has 0 aliphatic carbocycles. The number of carbonyl (C=O) groups excluding carboxylic acids is 3. The Bertz CT molecular complexity index is 1120. The van der Waals surface area contributed by atoms with Crippen molar-refractivity contribution in [1.82, 2.24) is 10.6 Å². The summed E-state index contributed by atoms with van der Waals surface area (Å²) < 4.78 is 5.47. The second-order valence-corrected chi connectivity index (χ2v) is 9.57. The fourth-order valence-electron chi connectivity index (χ4n) is 3.97. The highest BCUT2D eigenvalue weighted by Gasteiger charge is 2.27. The van der Waals surface area contributed by atoms with E-state index < -0.39 is 6.10 Å². The fourth-order valence-corrected chi connectivity index (χ4v) is 3.97. The number of aliphatic hydroxyl groups is 1. The lowest BCUT2D eigenvalue weighted by Crippen LogP contribution is -2.43. The highest BCUT2D eigenvalue weighted by molar-refractivity contribution is 5.97. The minimum Gasteiger partial charge on any atom is -0.506 e. The van der Waals surface area contributed by atoms with Gasteiger partial charge in [-0.15, -0.1) is 0 Å². The molecule has 1 aliphatic rings. The van der Waals surface area contributed by atoms with E-state index in [2.05, 4.69) is 21.3 Å². The third-order valence-corrected chi connectivity index (χ3v) is 5.88. The van der Waals surface area contributed by atoms with Gasteiger partial charge in [0.2, 0.25) is 11.8 Å². The summed E-state index contributed by atoms with van der Waals surface area (Å²) in [6.07, 6.45) is 0.544. The number of phenols is 1. The molecular weight excluding hydrogens is 478 g/mol. The number of carbonyl (C=O) groups is 3. The maximum absolute atomic E-state index is 12.1. The van der Waals surface area contributed by atoms with Crippen molar-refractivity contribution in [3.63, 3.8) is 0 Å². The largest absolute Gasteiger partial charge is 0.506 e. The lowest BCUT2D eigenvalue weighted by Gasteiger charge is -2.29. The average molecular weight is 514 g/mol. The number of nitrogens with one attached hydrogen (secondary N) is 4. The molecule has 1 aliphatic heterocycles. The molecule has 0 spiro atoms. The number of ether oxygens (including phenoxy) is 1. The fraction of sp³-hybridized carbons (Fsp3) is 0.423. The van der Waals surface area contributed by atoms with Crippen LogP contribution in [0.4, 0.5) is 11.4 Å². The molecule has 0 radical (unpaired) electrons. The zero-order chi connectivity index (χ0) is 27.0. The number of rotatable bonds is 12. The number of β-amino-alcohol motifs (C(OH)–C–C–N with tert-alkyl or cyclic N) is 1. The minimum atomic E-state index is -0.926. The Hall–Kier alpha value is -3.67. The van der Waals surface area contributed by atoms with Crippen LogP contribution in [0.5, 0.6) is 11.5 Å². The van der Waals surface area contributed by atoms with Gasteiger partial charge < -0.3 is 42.0 Å². The van der Waals surface area contributed by atoms with Gasteiger partial charge in [0, 0.05) is 36.3 Å². The van der Waals surface area contributed by atoms with E-state index in [0.717, 1.165) is 5.56 Å². The Kier molecular flexibility index (Phi) is 9.45. The third kappa shape index (κ3) is 8.17. The van der Waals surface area contributed by atoms with Crippen molar-refractivity contribution < 1.29 is 29.3 Å². The van der Waals surface area contributed by atoms with Gasteiger partial charge in [-0.25, -0.2) is 0 Å². The first kappa shape index (κ1) is 27.9. The van der Waals surface area contributed by atoms with Crippen LogP contribution in [0.2, 0.25) is 0 Å². The van der Waals surface area contributed by atoms with E-state index in [4.69, 9.17) is 10.5 Å². The maximum Gasteiger partial charge on any atom is 0.262 e. The van der Waals surface area contributed by atoms with Gasteiger partial charge in [-0.3, -0.25) is 14.4 Å². The molecule has 1 unspecified atom stereocenters. The van der Waals surface area contributed by atoms with Gasteiger partial charge in [-0.2, -0.15) is 0 Å². The van der Waals surface area contributed by atoms with Gasteiger partial charge in [0.05, 0.1) is 12.6 Å². The minimum absolute atomic E-state index is 0.0680. The molecular formula is C26H35N5O6. The summed E-state index contributed by atoms with van der Waals surface area (Å²) in [6, 6.07) is 10.5. The molecule has 0 saturated carbocycles. The van der Waals surface area contributed by atoms with E-state index in [0.29, 0.717) is 30.6 Å². The van der Waals surface area contributed by atoms with Gasteiger partial charge in [0.1, 0.15) is 11.4 Å². The summed E-state index contributed by atoms with van der Waals surface area (Å²) in [7, 11) is 0. The van der Waals surface area contributed by atoms with Gasteiger partial charge >= 0.3 is 0 Å². The molecule has 3 amide bonds. The molecule has 0 fully saturated rings. The third-order valence-electron chi connectivity index (χ3n) is 5.88. The summed E-state index contributed by atoms with van der Waals surface area (Å²) in [5, 5.41) is 32.2. The summed E-state index contributed by atoms with van der Waals surface area (Å²) in [5.41, 5.74) is 7.22. The smallest absolute Gasteiger partial charge is 0.262 e. The van der Waals surface area contributed by atoms with Crippen LogP contribution < -0.4 is 31.7 Å². The number of phenolic OH excluding ortho intramolecular Hbond substituents is 1. The van der Waals surface area contributed by atoms with Crippen molar-refractivity contribution >= 4 is 29.1 Å². The summed E-state index contributed by atoms with van der Waals surface area (Å²) in [4.78, 5) is 34.8. The topological polar surface area (TPSA) is 175 Å². The number of anilines is 2. The molecule has 11 nitrogen and oxygen atoms in total. The van der Waals surface area contributed by atoms with E-state index in [9.17, 15) is 24.6 Å². The molecule has 11 heteroatoms. The van der Waals surface area contributed by atoms with Gasteiger partial charge in [0.15, 0.2) is 12.4 Å². The van der Waals surface area contributed by atoms with Gasteiger partial charge in [-0.05, 0) is 56.5 Å². The first-order chi connectivity index (χ1) is 17.6. The van der Waals surface area contributed by atoms with Crippen LogP contribution in [-0.4, -0.2) is 59.7 Å². The van der Waals surface area contributed by atoms with Crippen molar-refractivity contribution in [1.29, 1.82) is 0 Å². The van der Waals surface area contributed by atoms with Crippen molar-refractivity contribution in [3.05, 3.63) is 47.5 Å². The second kappa shape index (κ2) is 12.5. The normalized spacial score (nSPS) is 13.7. The summed E-state index contributed by atoms with van der Waals surface area (Å²) >= 11 is 0. The predicted molar refractivity (Wildman–Crippen MR) is 139 cm³/mol. The Labute approximate surface area is 215 Å². The quantitative estimate of drug-likeness (QED) is 0.163. The Morgan fingerprint density at radius 1 is 1.16 bits per heavy atom. The Morgan fingerprint density at radius 3 is 2.59 bits per heavy atom. The van der Waals surface area contributed by atoms with Gasteiger partial charge in [0.25, 0.3) is 5.91 Å². The molecule has 0 saturated heterocycles. The SMILES string of the molecule is CC(C)(Cc1ccc(NC(=O)CCCNC(=O)CN)cc1)NCC(O)c1ccc(O)c2c1OCC(=O)N2. The Balaban J connectivity index is 1.49. The maximum atomic E-state index is 12.1. The molecule has 3 rings (SSSR count). The molecule has 2 aromatic rings. The summed E-state index contributed by atoms with van der Waals surface area (Å²) in [5.74, 6) is -0.600. The number of nitrogens with two attached hydrogens (primary N) is 1. The molecule has 0 aromatic heterocycles. The lowest BCUT2D eigenvalue weighted by atomic mass is 9.94. The van der Waals surface area contributed by atoms with Crippen LogP contribution in [0.3, 0.4) is 0 Å². The molecule has 37 heavy (non-hydrogen) atoms. The number of amides is 3.